The van der Waals surface area contributed by atoms with Crippen molar-refractivity contribution < 1.29 is 9.90 Å². The van der Waals surface area contributed by atoms with E-state index in [-0.39, 0.29) is 17.0 Å². The smallest absolute Gasteiger partial charge is 0.267 e. The number of anilines is 2. The molecule has 6 heteroatoms. The van der Waals surface area contributed by atoms with Gasteiger partial charge in [0.2, 0.25) is 0 Å². The molecular formula is C20H20N4O2. The minimum absolute atomic E-state index is 0.0152. The van der Waals surface area contributed by atoms with E-state index in [0.29, 0.717) is 0 Å². The van der Waals surface area contributed by atoms with Crippen LogP contribution in [0.4, 0.5) is 11.4 Å². The van der Waals surface area contributed by atoms with Crippen LogP contribution in [0.15, 0.2) is 66.4 Å². The molecule has 1 amide bonds. The van der Waals surface area contributed by atoms with Crippen LogP contribution in [-0.4, -0.2) is 42.1 Å². The highest BCUT2D eigenvalue weighted by atomic mass is 16.3. The van der Waals surface area contributed by atoms with Crippen LogP contribution in [0, 0.1) is 11.3 Å². The van der Waals surface area contributed by atoms with Gasteiger partial charge in [-0.3, -0.25) is 4.79 Å². The second-order valence-electron chi connectivity index (χ2n) is 5.98. The summed E-state index contributed by atoms with van der Waals surface area (Å²) in [6.45, 7) is 3.09. The predicted molar refractivity (Wildman–Crippen MR) is 101 cm³/mol. The molecule has 2 aromatic carbocycles. The van der Waals surface area contributed by atoms with Gasteiger partial charge in [0.05, 0.1) is 5.69 Å². The van der Waals surface area contributed by atoms with E-state index in [4.69, 9.17) is 0 Å². The van der Waals surface area contributed by atoms with E-state index in [1.165, 1.54) is 11.8 Å². The van der Waals surface area contributed by atoms with Crippen LogP contribution >= 0.6 is 0 Å². The molecule has 0 saturated carbocycles. The second-order valence-corrected chi connectivity index (χ2v) is 5.98. The summed E-state index contributed by atoms with van der Waals surface area (Å²) in [4.78, 5) is 16.6. The molecule has 2 N–H and O–H groups in total. The molecule has 0 aromatic heterocycles. The predicted octanol–water partition coefficient (Wildman–Crippen LogP) is 2.56. The van der Waals surface area contributed by atoms with Gasteiger partial charge in [-0.15, -0.1) is 0 Å². The Balaban J connectivity index is 1.62. The molecule has 0 unspecified atom stereocenters. The Bertz CT molecular complexity index is 834. The molecule has 6 nitrogen and oxygen atoms in total. The number of benzene rings is 2. The van der Waals surface area contributed by atoms with E-state index in [9.17, 15) is 15.2 Å². The van der Waals surface area contributed by atoms with Gasteiger partial charge in [-0.05, 0) is 24.3 Å². The van der Waals surface area contributed by atoms with E-state index in [0.717, 1.165) is 26.2 Å². The zero-order valence-electron chi connectivity index (χ0n) is 14.3. The maximum atomic E-state index is 12.3. The number of nitrogens with zero attached hydrogens (tertiary/aromatic N) is 3. The minimum atomic E-state index is -0.528. The van der Waals surface area contributed by atoms with Crippen molar-refractivity contribution in [1.82, 2.24) is 4.90 Å². The highest BCUT2D eigenvalue weighted by molar-refractivity contribution is 6.07. The van der Waals surface area contributed by atoms with Crippen LogP contribution in [-0.2, 0) is 4.79 Å². The number of phenols is 1. The van der Waals surface area contributed by atoms with Gasteiger partial charge in [0.25, 0.3) is 5.91 Å². The lowest BCUT2D eigenvalue weighted by Crippen LogP contribution is -2.44. The largest absolute Gasteiger partial charge is 0.506 e. The molecule has 1 heterocycles. The van der Waals surface area contributed by atoms with Gasteiger partial charge < -0.3 is 20.2 Å². The first-order valence-corrected chi connectivity index (χ1v) is 8.42. The standard InChI is InChI=1S/C20H20N4O2/c21-14-16(20(26)22-18-8-4-5-9-19(18)25)15-23-10-12-24(13-11-23)17-6-2-1-3-7-17/h1-9,15,25H,10-13H2,(H,22,26)/b16-15-. The van der Waals surface area contributed by atoms with Crippen molar-refractivity contribution in [3.63, 3.8) is 0 Å². The van der Waals surface area contributed by atoms with Gasteiger partial charge in [-0.1, -0.05) is 30.3 Å². The maximum absolute atomic E-state index is 12.3. The summed E-state index contributed by atoms with van der Waals surface area (Å²) in [6, 6.07) is 18.5. The Morgan fingerprint density at radius 1 is 1.04 bits per heavy atom. The number of aromatic hydroxyl groups is 1. The minimum Gasteiger partial charge on any atom is -0.506 e. The van der Waals surface area contributed by atoms with Crippen LogP contribution < -0.4 is 10.2 Å². The van der Waals surface area contributed by atoms with Gasteiger partial charge in [0, 0.05) is 38.1 Å². The van der Waals surface area contributed by atoms with Crippen molar-refractivity contribution in [2.45, 2.75) is 0 Å². The molecule has 3 rings (SSSR count). The third-order valence-corrected chi connectivity index (χ3v) is 4.26. The third kappa shape index (κ3) is 4.14. The molecule has 0 radical (unpaired) electrons. The lowest BCUT2D eigenvalue weighted by molar-refractivity contribution is -0.112. The SMILES string of the molecule is N#C/C(=C/N1CCN(c2ccccc2)CC1)C(=O)Nc1ccccc1O. The first-order valence-electron chi connectivity index (χ1n) is 8.42. The van der Waals surface area contributed by atoms with Gasteiger partial charge in [-0.25, -0.2) is 0 Å². The summed E-state index contributed by atoms with van der Waals surface area (Å²) in [5, 5.41) is 21.6. The molecule has 0 atom stereocenters. The van der Waals surface area contributed by atoms with Crippen molar-refractivity contribution >= 4 is 17.3 Å². The quantitative estimate of drug-likeness (QED) is 0.504. The molecule has 2 aromatic rings. The number of hydrogen-bond donors (Lipinski definition) is 2. The summed E-state index contributed by atoms with van der Waals surface area (Å²) in [5.41, 5.74) is 1.47. The fourth-order valence-corrected chi connectivity index (χ4v) is 2.84. The summed E-state index contributed by atoms with van der Waals surface area (Å²) >= 11 is 0. The van der Waals surface area contributed by atoms with Gasteiger partial charge >= 0.3 is 0 Å². The molecule has 0 bridgehead atoms. The number of hydrogen-bond acceptors (Lipinski definition) is 5. The fraction of sp³-hybridized carbons (Fsp3) is 0.200. The second kappa shape index (κ2) is 8.08. The van der Waals surface area contributed by atoms with E-state index in [2.05, 4.69) is 22.3 Å². The average Bonchev–Trinajstić information content (AvgIpc) is 2.69. The van der Waals surface area contributed by atoms with E-state index >= 15 is 0 Å². The van der Waals surface area contributed by atoms with Crippen molar-refractivity contribution in [1.29, 1.82) is 5.26 Å². The molecule has 0 spiro atoms. The van der Waals surface area contributed by atoms with Gasteiger partial charge in [0.1, 0.15) is 17.4 Å². The van der Waals surface area contributed by atoms with E-state index in [1.54, 1.807) is 24.4 Å². The number of phenolic OH excluding ortho intramolecular Hbond substituents is 1. The molecule has 1 fully saturated rings. The Morgan fingerprint density at radius 3 is 2.35 bits per heavy atom. The van der Waals surface area contributed by atoms with E-state index < -0.39 is 5.91 Å². The number of para-hydroxylation sites is 3. The molecule has 0 aliphatic carbocycles. The summed E-state index contributed by atoms with van der Waals surface area (Å²) in [7, 11) is 0. The van der Waals surface area contributed by atoms with Crippen LogP contribution in [0.2, 0.25) is 0 Å². The number of nitrogens with one attached hydrogen (secondary N) is 1. The van der Waals surface area contributed by atoms with Gasteiger partial charge in [0.15, 0.2) is 0 Å². The molecule has 26 heavy (non-hydrogen) atoms. The average molecular weight is 348 g/mol. The lowest BCUT2D eigenvalue weighted by Gasteiger charge is -2.35. The molecule has 1 aliphatic heterocycles. The molecular weight excluding hydrogens is 328 g/mol. The lowest BCUT2D eigenvalue weighted by atomic mass is 10.2. The van der Waals surface area contributed by atoms with Gasteiger partial charge in [-0.2, -0.15) is 5.26 Å². The molecule has 1 aliphatic rings. The number of carbonyl (C=O) groups is 1. The highest BCUT2D eigenvalue weighted by Crippen LogP contribution is 2.22. The Morgan fingerprint density at radius 2 is 1.69 bits per heavy atom. The fourth-order valence-electron chi connectivity index (χ4n) is 2.84. The topological polar surface area (TPSA) is 79.6 Å². The Hall–Kier alpha value is -3.46. The highest BCUT2D eigenvalue weighted by Gasteiger charge is 2.18. The van der Waals surface area contributed by atoms with Crippen molar-refractivity contribution in [3.8, 4) is 11.8 Å². The number of amides is 1. The van der Waals surface area contributed by atoms with Crippen LogP contribution in [0.25, 0.3) is 0 Å². The third-order valence-electron chi connectivity index (χ3n) is 4.26. The summed E-state index contributed by atoms with van der Waals surface area (Å²) < 4.78 is 0. The maximum Gasteiger partial charge on any atom is 0.267 e. The van der Waals surface area contributed by atoms with E-state index in [1.807, 2.05) is 29.2 Å². The van der Waals surface area contributed by atoms with Crippen LogP contribution in [0.3, 0.4) is 0 Å². The van der Waals surface area contributed by atoms with Crippen LogP contribution in [0.5, 0.6) is 5.75 Å². The Kier molecular flexibility index (Phi) is 5.40. The first-order chi connectivity index (χ1) is 12.7. The molecule has 132 valence electrons. The summed E-state index contributed by atoms with van der Waals surface area (Å²) in [6.07, 6.45) is 1.59. The molecule has 1 saturated heterocycles. The number of nitriles is 1. The number of piperazine rings is 1. The van der Waals surface area contributed by atoms with Crippen molar-refractivity contribution in [3.05, 3.63) is 66.4 Å². The Labute approximate surface area is 152 Å². The van der Waals surface area contributed by atoms with Crippen LogP contribution in [0.1, 0.15) is 0 Å². The zero-order valence-corrected chi connectivity index (χ0v) is 14.3. The van der Waals surface area contributed by atoms with Crippen molar-refractivity contribution in [2.75, 3.05) is 36.4 Å². The first kappa shape index (κ1) is 17.4. The zero-order chi connectivity index (χ0) is 18.4. The normalized spacial score (nSPS) is 14.7. The van der Waals surface area contributed by atoms with Crippen molar-refractivity contribution in [2.24, 2.45) is 0 Å². The summed E-state index contributed by atoms with van der Waals surface area (Å²) in [5.74, 6) is -0.561. The monoisotopic (exact) mass is 348 g/mol. The number of carbonyl (C=O) groups excluding carboxylic acids is 1. The number of rotatable bonds is 4.